The number of hydrogen-bond acceptors (Lipinski definition) is 6. The molecule has 3 aliphatic heterocycles. The van der Waals surface area contributed by atoms with Crippen molar-refractivity contribution in [1.29, 1.82) is 0 Å². The number of hydrogen-bond donors (Lipinski definition) is 0. The first-order valence-corrected chi connectivity index (χ1v) is 14.3. The first kappa shape index (κ1) is 28.0. The Morgan fingerprint density at radius 1 is 0.925 bits per heavy atom. The van der Waals surface area contributed by atoms with Crippen molar-refractivity contribution < 1.29 is 28.6 Å². The summed E-state index contributed by atoms with van der Waals surface area (Å²) in [6, 6.07) is 14.8. The lowest BCUT2D eigenvalue weighted by Gasteiger charge is -2.40. The maximum absolute atomic E-state index is 13.8. The Balaban J connectivity index is 1.37. The second kappa shape index (κ2) is 13.2. The SMILES string of the molecule is COc1ccccc1C(=O)N1CC(=O)N2CC[C@@H](CC(=O)N3CCOCC3)[C@@H](CCCOc3ccccc3C1)C2. The van der Waals surface area contributed by atoms with E-state index in [1.54, 1.807) is 23.1 Å². The van der Waals surface area contributed by atoms with Crippen LogP contribution < -0.4 is 9.47 Å². The number of amides is 3. The zero-order valence-corrected chi connectivity index (χ0v) is 23.3. The van der Waals surface area contributed by atoms with E-state index in [4.69, 9.17) is 14.2 Å². The van der Waals surface area contributed by atoms with Gasteiger partial charge in [0.15, 0.2) is 0 Å². The molecule has 40 heavy (non-hydrogen) atoms. The Morgan fingerprint density at radius 2 is 1.70 bits per heavy atom. The highest BCUT2D eigenvalue weighted by molar-refractivity contribution is 5.98. The van der Waals surface area contributed by atoms with Crippen molar-refractivity contribution in [2.45, 2.75) is 32.2 Å². The molecule has 2 atom stereocenters. The number of benzene rings is 2. The van der Waals surface area contributed by atoms with Crippen molar-refractivity contribution in [2.24, 2.45) is 11.8 Å². The van der Waals surface area contributed by atoms with E-state index in [1.807, 2.05) is 40.1 Å². The lowest BCUT2D eigenvalue weighted by atomic mass is 9.80. The number of para-hydroxylation sites is 2. The van der Waals surface area contributed by atoms with E-state index < -0.39 is 0 Å². The minimum absolute atomic E-state index is 0.0463. The molecule has 2 saturated heterocycles. The first-order chi connectivity index (χ1) is 19.5. The number of carbonyl (C=O) groups excluding carboxylic acids is 3. The third kappa shape index (κ3) is 6.58. The minimum Gasteiger partial charge on any atom is -0.496 e. The predicted octanol–water partition coefficient (Wildman–Crippen LogP) is 3.22. The average molecular weight is 550 g/mol. The zero-order valence-electron chi connectivity index (χ0n) is 23.3. The number of carbonyl (C=O) groups is 3. The molecule has 3 amide bonds. The van der Waals surface area contributed by atoms with E-state index in [9.17, 15) is 14.4 Å². The number of rotatable bonds is 4. The standard InChI is InChI=1S/C31H39N3O6/c1-38-28-11-5-3-9-26(28)31(37)34-21-25-7-2-4-10-27(25)40-16-6-8-24-20-33(30(36)22-34)13-12-23(24)19-29(35)32-14-17-39-18-15-32/h2-5,7,9-11,23-24H,6,8,12-22H2,1H3/t23-,24-/m0/s1. The van der Waals surface area contributed by atoms with Crippen LogP contribution in [-0.2, 0) is 20.9 Å². The van der Waals surface area contributed by atoms with Gasteiger partial charge >= 0.3 is 0 Å². The van der Waals surface area contributed by atoms with E-state index in [0.717, 1.165) is 24.8 Å². The summed E-state index contributed by atoms with van der Waals surface area (Å²) in [4.78, 5) is 45.9. The van der Waals surface area contributed by atoms with Crippen LogP contribution in [0.15, 0.2) is 48.5 Å². The molecule has 0 radical (unpaired) electrons. The first-order valence-electron chi connectivity index (χ1n) is 14.3. The van der Waals surface area contributed by atoms with Crippen molar-refractivity contribution in [3.63, 3.8) is 0 Å². The lowest BCUT2D eigenvalue weighted by Crippen LogP contribution is -2.49. The van der Waals surface area contributed by atoms with E-state index in [2.05, 4.69) is 0 Å². The van der Waals surface area contributed by atoms with Gasteiger partial charge < -0.3 is 28.9 Å². The van der Waals surface area contributed by atoms with Gasteiger partial charge in [-0.25, -0.2) is 0 Å². The summed E-state index contributed by atoms with van der Waals surface area (Å²) < 4.78 is 17.1. The second-order valence-corrected chi connectivity index (χ2v) is 10.8. The molecule has 0 saturated carbocycles. The molecule has 0 N–H and O–H groups in total. The van der Waals surface area contributed by atoms with Crippen LogP contribution in [0.5, 0.6) is 11.5 Å². The molecule has 3 aliphatic rings. The number of ether oxygens (including phenoxy) is 3. The third-order valence-electron chi connectivity index (χ3n) is 8.31. The van der Waals surface area contributed by atoms with E-state index in [-0.39, 0.29) is 42.6 Å². The fraction of sp³-hybridized carbons (Fsp3) is 0.516. The average Bonchev–Trinajstić information content (AvgIpc) is 3.00. The Hall–Kier alpha value is -3.59. The summed E-state index contributed by atoms with van der Waals surface area (Å²) in [5.41, 5.74) is 1.27. The molecule has 0 spiro atoms. The molecule has 0 aliphatic carbocycles. The molecule has 2 aromatic carbocycles. The molecule has 9 nitrogen and oxygen atoms in total. The summed E-state index contributed by atoms with van der Waals surface area (Å²) in [5.74, 6) is 1.42. The molecule has 2 aromatic rings. The minimum atomic E-state index is -0.266. The highest BCUT2D eigenvalue weighted by atomic mass is 16.5. The van der Waals surface area contributed by atoms with Gasteiger partial charge in [-0.3, -0.25) is 14.4 Å². The number of morpholine rings is 1. The number of methoxy groups -OCH3 is 1. The summed E-state index contributed by atoms with van der Waals surface area (Å²) >= 11 is 0. The van der Waals surface area contributed by atoms with Gasteiger partial charge in [0.25, 0.3) is 5.91 Å². The normalized spacial score (nSPS) is 22.2. The highest BCUT2D eigenvalue weighted by Gasteiger charge is 2.35. The summed E-state index contributed by atoms with van der Waals surface area (Å²) in [6.45, 7) is 4.36. The molecular formula is C31H39N3O6. The molecule has 2 fully saturated rings. The molecule has 0 unspecified atom stereocenters. The largest absolute Gasteiger partial charge is 0.496 e. The van der Waals surface area contributed by atoms with Gasteiger partial charge in [0.1, 0.15) is 18.0 Å². The van der Waals surface area contributed by atoms with Crippen LogP contribution in [0.2, 0.25) is 0 Å². The second-order valence-electron chi connectivity index (χ2n) is 10.8. The predicted molar refractivity (Wildman–Crippen MR) is 149 cm³/mol. The highest BCUT2D eigenvalue weighted by Crippen LogP contribution is 2.32. The van der Waals surface area contributed by atoms with E-state index in [1.165, 1.54) is 7.11 Å². The zero-order chi connectivity index (χ0) is 27.9. The van der Waals surface area contributed by atoms with Crippen LogP contribution in [0.3, 0.4) is 0 Å². The maximum atomic E-state index is 13.8. The van der Waals surface area contributed by atoms with Crippen molar-refractivity contribution in [3.05, 3.63) is 59.7 Å². The van der Waals surface area contributed by atoms with Gasteiger partial charge in [0.05, 0.1) is 39.0 Å². The molecule has 5 rings (SSSR count). The van der Waals surface area contributed by atoms with E-state index >= 15 is 0 Å². The summed E-state index contributed by atoms with van der Waals surface area (Å²) in [6.07, 6.45) is 2.97. The van der Waals surface area contributed by atoms with Gasteiger partial charge in [0.2, 0.25) is 11.8 Å². The van der Waals surface area contributed by atoms with Crippen molar-refractivity contribution in [2.75, 3.05) is 59.7 Å². The Kier molecular flexibility index (Phi) is 9.21. The summed E-state index contributed by atoms with van der Waals surface area (Å²) in [5, 5.41) is 0. The topological polar surface area (TPSA) is 88.6 Å². The Labute approximate surface area is 236 Å². The quantitative estimate of drug-likeness (QED) is 0.582. The smallest absolute Gasteiger partial charge is 0.258 e. The number of nitrogens with zero attached hydrogens (tertiary/aromatic N) is 3. The Bertz CT molecular complexity index is 1200. The van der Waals surface area contributed by atoms with E-state index in [0.29, 0.717) is 69.5 Å². The number of piperidine rings is 1. The number of fused-ring (bicyclic) bond motifs is 3. The fourth-order valence-electron chi connectivity index (χ4n) is 6.03. The maximum Gasteiger partial charge on any atom is 0.258 e. The van der Waals surface area contributed by atoms with Crippen molar-refractivity contribution >= 4 is 17.7 Å². The van der Waals surface area contributed by atoms with Gasteiger partial charge in [-0.1, -0.05) is 30.3 Å². The molecule has 2 bridgehead atoms. The van der Waals surface area contributed by atoms with Crippen LogP contribution in [0.25, 0.3) is 0 Å². The van der Waals surface area contributed by atoms with Crippen molar-refractivity contribution in [1.82, 2.24) is 14.7 Å². The molecule has 3 heterocycles. The van der Waals surface area contributed by atoms with Crippen LogP contribution in [0.1, 0.15) is 41.6 Å². The molecular weight excluding hydrogens is 510 g/mol. The van der Waals surface area contributed by atoms with Crippen LogP contribution in [0.4, 0.5) is 0 Å². The Morgan fingerprint density at radius 3 is 2.52 bits per heavy atom. The van der Waals surface area contributed by atoms with Crippen LogP contribution >= 0.6 is 0 Å². The fourth-order valence-corrected chi connectivity index (χ4v) is 6.03. The van der Waals surface area contributed by atoms with Crippen LogP contribution in [0, 0.1) is 11.8 Å². The molecule has 9 heteroatoms. The van der Waals surface area contributed by atoms with Gasteiger partial charge in [0, 0.05) is 38.2 Å². The van der Waals surface area contributed by atoms with Gasteiger partial charge in [-0.05, 0) is 49.3 Å². The monoisotopic (exact) mass is 549 g/mol. The summed E-state index contributed by atoms with van der Waals surface area (Å²) in [7, 11) is 1.54. The van der Waals surface area contributed by atoms with Gasteiger partial charge in [-0.15, -0.1) is 0 Å². The lowest BCUT2D eigenvalue weighted by molar-refractivity contribution is -0.138. The van der Waals surface area contributed by atoms with Crippen molar-refractivity contribution in [3.8, 4) is 11.5 Å². The third-order valence-corrected chi connectivity index (χ3v) is 8.31. The molecule has 214 valence electrons. The molecule has 0 aromatic heterocycles. The van der Waals surface area contributed by atoms with Gasteiger partial charge in [-0.2, -0.15) is 0 Å². The van der Waals surface area contributed by atoms with Crippen LogP contribution in [-0.4, -0.2) is 92.1 Å².